The predicted molar refractivity (Wildman–Crippen MR) is 67.6 cm³/mol. The van der Waals surface area contributed by atoms with Gasteiger partial charge in [0.05, 0.1) is 7.11 Å². The van der Waals surface area contributed by atoms with Crippen LogP contribution in [0, 0.1) is 0 Å². The zero-order valence-corrected chi connectivity index (χ0v) is 10.6. The molecule has 2 rings (SSSR count). The third kappa shape index (κ3) is 3.11. The second-order valence-corrected chi connectivity index (χ2v) is 4.82. The first-order chi connectivity index (χ1) is 8.20. The molecule has 4 heteroatoms. The van der Waals surface area contributed by atoms with Crippen molar-refractivity contribution in [2.45, 2.75) is 31.5 Å². The minimum absolute atomic E-state index is 0.0290. The molecule has 0 saturated carbocycles. The summed E-state index contributed by atoms with van der Waals surface area (Å²) in [4.78, 5) is 0. The molecule has 1 aromatic carbocycles. The molecule has 1 N–H and O–H groups in total. The molecule has 17 heavy (non-hydrogen) atoms. The number of nitrogens with one attached hydrogen (secondary N) is 1. The van der Waals surface area contributed by atoms with Gasteiger partial charge in [0.1, 0.15) is 11.9 Å². The Kier molecular flexibility index (Phi) is 4.24. The SMILES string of the molecule is COc1ccc(Cl)cc1CC(F)C1CCCN1. The highest BCUT2D eigenvalue weighted by Crippen LogP contribution is 2.26. The number of halogens is 2. The van der Waals surface area contributed by atoms with Crippen LogP contribution in [0.2, 0.25) is 5.02 Å². The van der Waals surface area contributed by atoms with Crippen molar-refractivity contribution in [1.82, 2.24) is 5.32 Å². The lowest BCUT2D eigenvalue weighted by Crippen LogP contribution is -2.33. The van der Waals surface area contributed by atoms with E-state index in [1.165, 1.54) is 0 Å². The fourth-order valence-corrected chi connectivity index (χ4v) is 2.47. The Morgan fingerprint density at radius 2 is 2.41 bits per heavy atom. The van der Waals surface area contributed by atoms with Gasteiger partial charge in [-0.15, -0.1) is 0 Å². The van der Waals surface area contributed by atoms with Crippen molar-refractivity contribution in [2.75, 3.05) is 13.7 Å². The average molecular weight is 258 g/mol. The van der Waals surface area contributed by atoms with Crippen molar-refractivity contribution >= 4 is 11.6 Å². The normalized spacial score (nSPS) is 21.5. The molecule has 94 valence electrons. The molecule has 0 bridgehead atoms. The topological polar surface area (TPSA) is 21.3 Å². The van der Waals surface area contributed by atoms with Gasteiger partial charge in [-0.1, -0.05) is 11.6 Å². The summed E-state index contributed by atoms with van der Waals surface area (Å²) in [6, 6.07) is 5.29. The molecule has 0 spiro atoms. The van der Waals surface area contributed by atoms with Crippen LogP contribution in [-0.4, -0.2) is 25.9 Å². The summed E-state index contributed by atoms with van der Waals surface area (Å²) in [7, 11) is 1.59. The van der Waals surface area contributed by atoms with Gasteiger partial charge in [0.25, 0.3) is 0 Å². The highest BCUT2D eigenvalue weighted by molar-refractivity contribution is 6.30. The van der Waals surface area contributed by atoms with E-state index in [9.17, 15) is 4.39 Å². The highest BCUT2D eigenvalue weighted by atomic mass is 35.5. The maximum atomic E-state index is 14.1. The number of rotatable bonds is 4. The lowest BCUT2D eigenvalue weighted by molar-refractivity contribution is 0.261. The second kappa shape index (κ2) is 5.69. The summed E-state index contributed by atoms with van der Waals surface area (Å²) in [5, 5.41) is 3.80. The molecular weight excluding hydrogens is 241 g/mol. The monoisotopic (exact) mass is 257 g/mol. The van der Waals surface area contributed by atoms with Gasteiger partial charge in [0, 0.05) is 17.5 Å². The van der Waals surface area contributed by atoms with Gasteiger partial charge in [-0.25, -0.2) is 4.39 Å². The van der Waals surface area contributed by atoms with Crippen molar-refractivity contribution in [2.24, 2.45) is 0 Å². The van der Waals surface area contributed by atoms with E-state index >= 15 is 0 Å². The Hall–Kier alpha value is -0.800. The maximum absolute atomic E-state index is 14.1. The van der Waals surface area contributed by atoms with Gasteiger partial charge < -0.3 is 10.1 Å². The molecule has 1 aliphatic rings. The van der Waals surface area contributed by atoms with Crippen LogP contribution in [0.25, 0.3) is 0 Å². The molecule has 0 aliphatic carbocycles. The van der Waals surface area contributed by atoms with Crippen LogP contribution >= 0.6 is 11.6 Å². The molecule has 1 heterocycles. The van der Waals surface area contributed by atoms with Crippen molar-refractivity contribution in [3.8, 4) is 5.75 Å². The summed E-state index contributed by atoms with van der Waals surface area (Å²) in [6.45, 7) is 0.914. The number of methoxy groups -OCH3 is 1. The molecule has 2 unspecified atom stereocenters. The molecule has 1 fully saturated rings. The Morgan fingerprint density at radius 3 is 3.06 bits per heavy atom. The van der Waals surface area contributed by atoms with Gasteiger partial charge in [-0.05, 0) is 43.1 Å². The highest BCUT2D eigenvalue weighted by Gasteiger charge is 2.25. The lowest BCUT2D eigenvalue weighted by atomic mass is 10.0. The van der Waals surface area contributed by atoms with Gasteiger partial charge in [-0.2, -0.15) is 0 Å². The van der Waals surface area contributed by atoms with E-state index in [2.05, 4.69) is 5.32 Å². The van der Waals surface area contributed by atoms with Crippen LogP contribution in [-0.2, 0) is 6.42 Å². The van der Waals surface area contributed by atoms with E-state index < -0.39 is 6.17 Å². The van der Waals surface area contributed by atoms with Crippen LogP contribution in [0.15, 0.2) is 18.2 Å². The summed E-state index contributed by atoms with van der Waals surface area (Å²) in [6.07, 6.45) is 1.42. The van der Waals surface area contributed by atoms with E-state index in [0.29, 0.717) is 17.2 Å². The molecular formula is C13H17ClFNO. The number of alkyl halides is 1. The summed E-state index contributed by atoms with van der Waals surface area (Å²) < 4.78 is 19.3. The van der Waals surface area contributed by atoms with Gasteiger partial charge in [-0.3, -0.25) is 0 Å². The first kappa shape index (κ1) is 12.7. The van der Waals surface area contributed by atoms with E-state index in [1.807, 2.05) is 0 Å². The Balaban J connectivity index is 2.08. The summed E-state index contributed by atoms with van der Waals surface area (Å²) in [5.41, 5.74) is 0.834. The number of benzene rings is 1. The largest absolute Gasteiger partial charge is 0.496 e. The minimum atomic E-state index is -0.884. The third-order valence-electron chi connectivity index (χ3n) is 3.19. The number of ether oxygens (including phenoxy) is 1. The smallest absolute Gasteiger partial charge is 0.122 e. The first-order valence-corrected chi connectivity index (χ1v) is 6.28. The minimum Gasteiger partial charge on any atom is -0.496 e. The molecule has 1 aromatic rings. The number of hydrogen-bond acceptors (Lipinski definition) is 2. The van der Waals surface area contributed by atoms with Crippen LogP contribution in [0.4, 0.5) is 4.39 Å². The van der Waals surface area contributed by atoms with Crippen LogP contribution in [0.5, 0.6) is 5.75 Å². The summed E-state index contributed by atoms with van der Waals surface area (Å²) in [5.74, 6) is 0.704. The fourth-order valence-electron chi connectivity index (χ4n) is 2.28. The standard InChI is InChI=1S/C13H17ClFNO/c1-17-13-5-4-10(14)7-9(13)8-11(15)12-3-2-6-16-12/h4-5,7,11-12,16H,2-3,6,8H2,1H3. The van der Waals surface area contributed by atoms with E-state index in [1.54, 1.807) is 25.3 Å². The van der Waals surface area contributed by atoms with Gasteiger partial charge >= 0.3 is 0 Å². The molecule has 2 atom stereocenters. The van der Waals surface area contributed by atoms with Crippen molar-refractivity contribution in [3.63, 3.8) is 0 Å². The van der Waals surface area contributed by atoms with Crippen molar-refractivity contribution < 1.29 is 9.13 Å². The quantitative estimate of drug-likeness (QED) is 0.895. The van der Waals surface area contributed by atoms with Crippen molar-refractivity contribution in [1.29, 1.82) is 0 Å². The van der Waals surface area contributed by atoms with Crippen LogP contribution < -0.4 is 10.1 Å². The van der Waals surface area contributed by atoms with Crippen LogP contribution in [0.1, 0.15) is 18.4 Å². The Bertz CT molecular complexity index is 380. The van der Waals surface area contributed by atoms with Gasteiger partial charge in [0.15, 0.2) is 0 Å². The number of hydrogen-bond donors (Lipinski definition) is 1. The molecule has 2 nitrogen and oxygen atoms in total. The van der Waals surface area contributed by atoms with E-state index in [4.69, 9.17) is 16.3 Å². The van der Waals surface area contributed by atoms with Gasteiger partial charge in [0.2, 0.25) is 0 Å². The zero-order chi connectivity index (χ0) is 12.3. The van der Waals surface area contributed by atoms with Crippen molar-refractivity contribution in [3.05, 3.63) is 28.8 Å². The van der Waals surface area contributed by atoms with E-state index in [-0.39, 0.29) is 6.04 Å². The first-order valence-electron chi connectivity index (χ1n) is 5.90. The molecule has 0 radical (unpaired) electrons. The maximum Gasteiger partial charge on any atom is 0.122 e. The molecule has 1 aliphatic heterocycles. The predicted octanol–water partition coefficient (Wildman–Crippen LogP) is 2.98. The lowest BCUT2D eigenvalue weighted by Gasteiger charge is -2.17. The average Bonchev–Trinajstić information content (AvgIpc) is 2.83. The second-order valence-electron chi connectivity index (χ2n) is 4.38. The molecule has 1 saturated heterocycles. The third-order valence-corrected chi connectivity index (χ3v) is 3.43. The summed E-state index contributed by atoms with van der Waals surface area (Å²) >= 11 is 5.92. The zero-order valence-electron chi connectivity index (χ0n) is 9.88. The molecule has 0 aromatic heterocycles. The Labute approximate surface area is 106 Å². The van der Waals surface area contributed by atoms with Crippen LogP contribution in [0.3, 0.4) is 0 Å². The van der Waals surface area contributed by atoms with E-state index in [0.717, 1.165) is 24.9 Å². The Morgan fingerprint density at radius 1 is 1.59 bits per heavy atom. The fraction of sp³-hybridized carbons (Fsp3) is 0.538. The molecule has 0 amide bonds.